The monoisotopic (exact) mass is 289 g/mol. The summed E-state index contributed by atoms with van der Waals surface area (Å²) in [5.41, 5.74) is 2.50. The van der Waals surface area contributed by atoms with Crippen molar-refractivity contribution >= 4 is 23.2 Å². The first-order chi connectivity index (χ1) is 9.70. The zero-order valence-electron chi connectivity index (χ0n) is 12.1. The number of amides is 1. The maximum atomic E-state index is 12.0. The molecule has 0 unspecified atom stereocenters. The van der Waals surface area contributed by atoms with Crippen LogP contribution < -0.4 is 5.32 Å². The third-order valence-electron chi connectivity index (χ3n) is 2.74. The van der Waals surface area contributed by atoms with E-state index in [4.69, 9.17) is 11.6 Å². The van der Waals surface area contributed by atoms with Crippen molar-refractivity contribution in [2.24, 2.45) is 0 Å². The largest absolute Gasteiger partial charge is 0.322 e. The van der Waals surface area contributed by atoms with Crippen molar-refractivity contribution < 1.29 is 4.79 Å². The summed E-state index contributed by atoms with van der Waals surface area (Å²) < 4.78 is 0. The number of aryl methyl sites for hydroxylation is 1. The predicted octanol–water partition coefficient (Wildman–Crippen LogP) is 5.18. The fourth-order valence-electron chi connectivity index (χ4n) is 1.67. The molecule has 3 heteroatoms. The van der Waals surface area contributed by atoms with Crippen LogP contribution in [-0.2, 0) is 6.42 Å². The predicted molar refractivity (Wildman–Crippen MR) is 86.6 cm³/mol. The highest BCUT2D eigenvalue weighted by atomic mass is 35.5. The Bertz CT molecular complexity index is 549. The van der Waals surface area contributed by atoms with Crippen molar-refractivity contribution in [2.45, 2.75) is 27.2 Å². The molecule has 0 aliphatic carbocycles. The molecule has 0 aliphatic rings. The van der Waals surface area contributed by atoms with Gasteiger partial charge in [-0.2, -0.15) is 0 Å². The summed E-state index contributed by atoms with van der Waals surface area (Å²) in [4.78, 5) is 12.0. The van der Waals surface area contributed by atoms with E-state index in [1.165, 1.54) is 5.56 Å². The summed E-state index contributed by atoms with van der Waals surface area (Å²) >= 11 is 5.97. The van der Waals surface area contributed by atoms with Crippen molar-refractivity contribution in [3.8, 4) is 0 Å². The summed E-state index contributed by atoms with van der Waals surface area (Å²) in [6.45, 7) is 6.09. The van der Waals surface area contributed by atoms with Crippen LogP contribution in [0.3, 0.4) is 0 Å². The Balaban J connectivity index is 0.000000956. The lowest BCUT2D eigenvalue weighted by Crippen LogP contribution is -2.12. The Morgan fingerprint density at radius 2 is 1.65 bits per heavy atom. The Morgan fingerprint density at radius 1 is 1.05 bits per heavy atom. The van der Waals surface area contributed by atoms with Gasteiger partial charge in [-0.25, -0.2) is 0 Å². The van der Waals surface area contributed by atoms with Gasteiger partial charge < -0.3 is 5.32 Å². The van der Waals surface area contributed by atoms with E-state index in [1.54, 1.807) is 24.3 Å². The van der Waals surface area contributed by atoms with Crippen LogP contribution in [0.25, 0.3) is 0 Å². The molecule has 0 bridgehead atoms. The van der Waals surface area contributed by atoms with E-state index in [1.807, 2.05) is 38.1 Å². The Labute approximate surface area is 125 Å². The minimum absolute atomic E-state index is 0.190. The van der Waals surface area contributed by atoms with Crippen molar-refractivity contribution in [3.05, 3.63) is 64.7 Å². The number of benzene rings is 2. The molecule has 1 N–H and O–H groups in total. The smallest absolute Gasteiger partial charge is 0.257 e. The first-order valence-electron chi connectivity index (χ1n) is 6.85. The highest BCUT2D eigenvalue weighted by Crippen LogP contribution is 2.17. The number of carbonyl (C=O) groups excluding carboxylic acids is 1. The number of carbonyl (C=O) groups is 1. The zero-order valence-corrected chi connectivity index (χ0v) is 12.9. The number of rotatable bonds is 3. The van der Waals surface area contributed by atoms with E-state index in [-0.39, 0.29) is 5.91 Å². The van der Waals surface area contributed by atoms with Crippen molar-refractivity contribution in [2.75, 3.05) is 5.32 Å². The molecule has 2 aromatic carbocycles. The molecule has 20 heavy (non-hydrogen) atoms. The average Bonchev–Trinajstić information content (AvgIpc) is 2.50. The summed E-state index contributed by atoms with van der Waals surface area (Å²) in [6.07, 6.45) is 0.985. The van der Waals surface area contributed by atoms with Crippen LogP contribution in [0.2, 0.25) is 5.02 Å². The molecule has 0 spiro atoms. The first-order valence-corrected chi connectivity index (χ1v) is 7.23. The van der Waals surface area contributed by atoms with Crippen molar-refractivity contribution in [1.29, 1.82) is 0 Å². The number of nitrogens with one attached hydrogen (secondary N) is 1. The molecule has 2 nitrogen and oxygen atoms in total. The average molecular weight is 290 g/mol. The summed E-state index contributed by atoms with van der Waals surface area (Å²) in [7, 11) is 0. The molecule has 1 amide bonds. The van der Waals surface area contributed by atoms with Crippen LogP contribution in [0.5, 0.6) is 0 Å². The molecule has 106 valence electrons. The third-order valence-corrected chi connectivity index (χ3v) is 3.07. The van der Waals surface area contributed by atoms with Gasteiger partial charge in [0.2, 0.25) is 0 Å². The summed E-state index contributed by atoms with van der Waals surface area (Å²) in [5.74, 6) is -0.190. The van der Waals surface area contributed by atoms with Gasteiger partial charge in [0.25, 0.3) is 5.91 Å². The minimum atomic E-state index is -0.190. The summed E-state index contributed by atoms with van der Waals surface area (Å²) in [6, 6.07) is 14.8. The highest BCUT2D eigenvalue weighted by molar-refractivity contribution is 6.34. The number of anilines is 1. The second-order valence-electron chi connectivity index (χ2n) is 3.98. The van der Waals surface area contributed by atoms with Crippen LogP contribution >= 0.6 is 11.6 Å². The molecule has 2 aromatic rings. The normalized spacial score (nSPS) is 9.40. The van der Waals surface area contributed by atoms with E-state index in [9.17, 15) is 4.79 Å². The molecule has 0 fully saturated rings. The third kappa shape index (κ3) is 4.39. The van der Waals surface area contributed by atoms with Crippen molar-refractivity contribution in [3.63, 3.8) is 0 Å². The van der Waals surface area contributed by atoms with Gasteiger partial charge in [0.05, 0.1) is 10.6 Å². The standard InChI is InChI=1S/C15H14ClNO.C2H6/c1-2-11-7-9-12(10-8-11)17-15(18)13-5-3-4-6-14(13)16;1-2/h3-10H,2H2,1H3,(H,17,18);1-2H3. The van der Waals surface area contributed by atoms with Gasteiger partial charge in [0, 0.05) is 5.69 Å². The van der Waals surface area contributed by atoms with Crippen LogP contribution in [0.4, 0.5) is 5.69 Å². The van der Waals surface area contributed by atoms with Gasteiger partial charge in [-0.05, 0) is 36.2 Å². The van der Waals surface area contributed by atoms with Gasteiger partial charge in [0.15, 0.2) is 0 Å². The molecule has 0 aromatic heterocycles. The fraction of sp³-hybridized carbons (Fsp3) is 0.235. The highest BCUT2D eigenvalue weighted by Gasteiger charge is 2.09. The van der Waals surface area contributed by atoms with Crippen molar-refractivity contribution in [1.82, 2.24) is 0 Å². The molecule has 0 saturated carbocycles. The zero-order chi connectivity index (χ0) is 15.0. The lowest BCUT2D eigenvalue weighted by atomic mass is 10.1. The lowest BCUT2D eigenvalue weighted by molar-refractivity contribution is 0.102. The molecular weight excluding hydrogens is 270 g/mol. The fourth-order valence-corrected chi connectivity index (χ4v) is 1.89. The van der Waals surface area contributed by atoms with Gasteiger partial charge in [-0.15, -0.1) is 0 Å². The second kappa shape index (κ2) is 8.39. The quantitative estimate of drug-likeness (QED) is 0.828. The molecular formula is C17H20ClNO. The first kappa shape index (κ1) is 16.3. The maximum absolute atomic E-state index is 12.0. The van der Waals surface area contributed by atoms with Crippen LogP contribution in [0.15, 0.2) is 48.5 Å². The lowest BCUT2D eigenvalue weighted by Gasteiger charge is -2.07. The number of hydrogen-bond acceptors (Lipinski definition) is 1. The van der Waals surface area contributed by atoms with Crippen LogP contribution in [0, 0.1) is 0 Å². The van der Waals surface area contributed by atoms with Gasteiger partial charge in [0.1, 0.15) is 0 Å². The van der Waals surface area contributed by atoms with E-state index in [2.05, 4.69) is 12.2 Å². The molecule has 0 aliphatic heterocycles. The molecule has 2 rings (SSSR count). The van der Waals surface area contributed by atoms with Crippen LogP contribution in [0.1, 0.15) is 36.7 Å². The number of hydrogen-bond donors (Lipinski definition) is 1. The van der Waals surface area contributed by atoms with E-state index >= 15 is 0 Å². The Morgan fingerprint density at radius 3 is 2.20 bits per heavy atom. The molecule has 0 atom stereocenters. The Kier molecular flexibility index (Phi) is 6.82. The molecule has 0 radical (unpaired) electrons. The Hall–Kier alpha value is -1.80. The van der Waals surface area contributed by atoms with E-state index < -0.39 is 0 Å². The van der Waals surface area contributed by atoms with Gasteiger partial charge in [-0.3, -0.25) is 4.79 Å². The second-order valence-corrected chi connectivity index (χ2v) is 4.39. The van der Waals surface area contributed by atoms with E-state index in [0.29, 0.717) is 10.6 Å². The SMILES string of the molecule is CC.CCc1ccc(NC(=O)c2ccccc2Cl)cc1. The number of halogens is 1. The van der Waals surface area contributed by atoms with E-state index in [0.717, 1.165) is 12.1 Å². The molecule has 0 heterocycles. The minimum Gasteiger partial charge on any atom is -0.322 e. The van der Waals surface area contributed by atoms with Gasteiger partial charge >= 0.3 is 0 Å². The maximum Gasteiger partial charge on any atom is 0.257 e. The van der Waals surface area contributed by atoms with Crippen LogP contribution in [-0.4, -0.2) is 5.91 Å². The summed E-state index contributed by atoms with van der Waals surface area (Å²) in [5, 5.41) is 3.29. The van der Waals surface area contributed by atoms with Gasteiger partial charge in [-0.1, -0.05) is 56.6 Å². The topological polar surface area (TPSA) is 29.1 Å². The molecule has 0 saturated heterocycles.